The van der Waals surface area contributed by atoms with Crippen molar-refractivity contribution in [2.24, 2.45) is 0 Å². The SMILES string of the molecule is O=Cc1ccc(N2CCCC(O)C2)cc1C(F)(F)F. The van der Waals surface area contributed by atoms with Crippen LogP contribution in [-0.4, -0.2) is 30.6 Å². The molecule has 1 N–H and O–H groups in total. The van der Waals surface area contributed by atoms with Crippen LogP contribution in [0.15, 0.2) is 18.2 Å². The smallest absolute Gasteiger partial charge is 0.391 e. The van der Waals surface area contributed by atoms with Gasteiger partial charge in [0.25, 0.3) is 0 Å². The van der Waals surface area contributed by atoms with Crippen molar-refractivity contribution in [3.05, 3.63) is 29.3 Å². The Labute approximate surface area is 108 Å². The number of alkyl halides is 3. The van der Waals surface area contributed by atoms with Crippen LogP contribution in [0, 0.1) is 0 Å². The summed E-state index contributed by atoms with van der Waals surface area (Å²) in [6.45, 7) is 0.923. The van der Waals surface area contributed by atoms with E-state index in [1.165, 1.54) is 12.1 Å². The molecule has 6 heteroatoms. The first-order valence-corrected chi connectivity index (χ1v) is 6.01. The molecule has 0 radical (unpaired) electrons. The molecule has 0 bridgehead atoms. The Balaban J connectivity index is 2.35. The van der Waals surface area contributed by atoms with E-state index >= 15 is 0 Å². The molecule has 2 rings (SSSR count). The number of aliphatic hydroxyl groups excluding tert-OH is 1. The number of anilines is 1. The van der Waals surface area contributed by atoms with Gasteiger partial charge in [0, 0.05) is 24.3 Å². The Bertz CT molecular complexity index is 473. The van der Waals surface area contributed by atoms with Crippen LogP contribution < -0.4 is 4.90 Å². The summed E-state index contributed by atoms with van der Waals surface area (Å²) in [4.78, 5) is 12.4. The summed E-state index contributed by atoms with van der Waals surface area (Å²) in [5, 5.41) is 9.55. The average molecular weight is 273 g/mol. The third-order valence-corrected chi connectivity index (χ3v) is 3.23. The maximum absolute atomic E-state index is 12.8. The lowest BCUT2D eigenvalue weighted by atomic mass is 10.0. The summed E-state index contributed by atoms with van der Waals surface area (Å²) < 4.78 is 38.5. The lowest BCUT2D eigenvalue weighted by Crippen LogP contribution is -2.38. The highest BCUT2D eigenvalue weighted by Crippen LogP contribution is 2.34. The van der Waals surface area contributed by atoms with E-state index in [2.05, 4.69) is 0 Å². The number of aliphatic hydroxyl groups is 1. The molecule has 1 fully saturated rings. The van der Waals surface area contributed by atoms with Crippen LogP contribution in [0.25, 0.3) is 0 Å². The molecule has 0 aliphatic carbocycles. The van der Waals surface area contributed by atoms with Gasteiger partial charge < -0.3 is 10.0 Å². The second-order valence-corrected chi connectivity index (χ2v) is 4.63. The van der Waals surface area contributed by atoms with Crippen LogP contribution in [0.3, 0.4) is 0 Å². The number of nitrogens with zero attached hydrogens (tertiary/aromatic N) is 1. The van der Waals surface area contributed by atoms with Gasteiger partial charge in [-0.1, -0.05) is 0 Å². The van der Waals surface area contributed by atoms with Gasteiger partial charge in [0.1, 0.15) is 0 Å². The summed E-state index contributed by atoms with van der Waals surface area (Å²) in [5.74, 6) is 0. The van der Waals surface area contributed by atoms with E-state index in [4.69, 9.17) is 0 Å². The lowest BCUT2D eigenvalue weighted by molar-refractivity contribution is -0.137. The number of hydrogen-bond acceptors (Lipinski definition) is 3. The van der Waals surface area contributed by atoms with Gasteiger partial charge in [0.05, 0.1) is 11.7 Å². The number of carbonyl (C=O) groups excluding carboxylic acids is 1. The van der Waals surface area contributed by atoms with Crippen molar-refractivity contribution in [3.8, 4) is 0 Å². The van der Waals surface area contributed by atoms with Crippen LogP contribution in [0.1, 0.15) is 28.8 Å². The molecular formula is C13H14F3NO2. The predicted octanol–water partition coefficient (Wildman–Crippen LogP) is 2.48. The Hall–Kier alpha value is -1.56. The van der Waals surface area contributed by atoms with E-state index < -0.39 is 17.8 Å². The van der Waals surface area contributed by atoms with Crippen molar-refractivity contribution in [2.75, 3.05) is 18.0 Å². The van der Waals surface area contributed by atoms with Gasteiger partial charge in [0.2, 0.25) is 0 Å². The standard InChI is InChI=1S/C13H14F3NO2/c14-13(15,16)12-6-10(4-3-9(12)8-18)17-5-1-2-11(19)7-17/h3-4,6,8,11,19H,1-2,5,7H2. The molecular weight excluding hydrogens is 259 g/mol. The molecule has 1 aliphatic rings. The molecule has 0 amide bonds. The quantitative estimate of drug-likeness (QED) is 0.842. The topological polar surface area (TPSA) is 40.5 Å². The van der Waals surface area contributed by atoms with E-state index in [0.29, 0.717) is 25.2 Å². The minimum Gasteiger partial charge on any atom is -0.391 e. The monoisotopic (exact) mass is 273 g/mol. The van der Waals surface area contributed by atoms with E-state index in [-0.39, 0.29) is 11.8 Å². The molecule has 1 aromatic carbocycles. The first kappa shape index (κ1) is 13.9. The number of piperidine rings is 1. The van der Waals surface area contributed by atoms with Crippen LogP contribution in [0.2, 0.25) is 0 Å². The zero-order valence-corrected chi connectivity index (χ0v) is 10.2. The van der Waals surface area contributed by atoms with Crippen molar-refractivity contribution < 1.29 is 23.1 Å². The highest BCUT2D eigenvalue weighted by molar-refractivity contribution is 5.79. The van der Waals surface area contributed by atoms with E-state index in [9.17, 15) is 23.1 Å². The largest absolute Gasteiger partial charge is 0.417 e. The number of hydrogen-bond donors (Lipinski definition) is 1. The molecule has 1 saturated heterocycles. The first-order chi connectivity index (χ1) is 8.91. The number of β-amino-alcohol motifs (C(OH)–C–C–N with tert-alkyl or cyclic N) is 1. The summed E-state index contributed by atoms with van der Waals surface area (Å²) in [6, 6.07) is 3.63. The van der Waals surface area contributed by atoms with Crippen LogP contribution in [-0.2, 0) is 6.18 Å². The summed E-state index contributed by atoms with van der Waals surface area (Å²) in [6.07, 6.45) is -3.47. The summed E-state index contributed by atoms with van der Waals surface area (Å²) in [5.41, 5.74) is -0.912. The first-order valence-electron chi connectivity index (χ1n) is 6.01. The molecule has 0 saturated carbocycles. The molecule has 0 aromatic heterocycles. The molecule has 1 aromatic rings. The van der Waals surface area contributed by atoms with E-state index in [1.54, 1.807) is 4.90 Å². The van der Waals surface area contributed by atoms with Gasteiger partial charge in [-0.2, -0.15) is 13.2 Å². The minimum absolute atomic E-state index is 0.206. The van der Waals surface area contributed by atoms with Crippen molar-refractivity contribution >= 4 is 12.0 Å². The second-order valence-electron chi connectivity index (χ2n) is 4.63. The van der Waals surface area contributed by atoms with Crippen molar-refractivity contribution in [3.63, 3.8) is 0 Å². The summed E-state index contributed by atoms with van der Waals surface area (Å²) >= 11 is 0. The molecule has 19 heavy (non-hydrogen) atoms. The number of halogens is 3. The fourth-order valence-corrected chi connectivity index (χ4v) is 2.28. The minimum atomic E-state index is -4.55. The second kappa shape index (κ2) is 5.21. The zero-order valence-electron chi connectivity index (χ0n) is 10.2. The molecule has 1 aliphatic heterocycles. The Morgan fingerprint density at radius 2 is 2.11 bits per heavy atom. The number of benzene rings is 1. The fourth-order valence-electron chi connectivity index (χ4n) is 2.28. The maximum Gasteiger partial charge on any atom is 0.417 e. The van der Waals surface area contributed by atoms with Crippen LogP contribution in [0.4, 0.5) is 18.9 Å². The lowest BCUT2D eigenvalue weighted by Gasteiger charge is -2.32. The molecule has 0 spiro atoms. The van der Waals surface area contributed by atoms with Gasteiger partial charge >= 0.3 is 6.18 Å². The molecule has 1 unspecified atom stereocenters. The number of aldehydes is 1. The van der Waals surface area contributed by atoms with Gasteiger partial charge in [0.15, 0.2) is 6.29 Å². The highest BCUT2D eigenvalue weighted by atomic mass is 19.4. The Kier molecular flexibility index (Phi) is 3.80. The Morgan fingerprint density at radius 3 is 2.68 bits per heavy atom. The molecule has 3 nitrogen and oxygen atoms in total. The van der Waals surface area contributed by atoms with Crippen LogP contribution in [0.5, 0.6) is 0 Å². The predicted molar refractivity (Wildman–Crippen MR) is 64.3 cm³/mol. The van der Waals surface area contributed by atoms with E-state index in [0.717, 1.165) is 12.5 Å². The van der Waals surface area contributed by atoms with Gasteiger partial charge in [-0.3, -0.25) is 4.79 Å². The van der Waals surface area contributed by atoms with Crippen molar-refractivity contribution in [1.82, 2.24) is 0 Å². The number of carbonyl (C=O) groups is 1. The Morgan fingerprint density at radius 1 is 1.37 bits per heavy atom. The van der Waals surface area contributed by atoms with Gasteiger partial charge in [-0.15, -0.1) is 0 Å². The fraction of sp³-hybridized carbons (Fsp3) is 0.462. The third-order valence-electron chi connectivity index (χ3n) is 3.23. The van der Waals surface area contributed by atoms with Gasteiger partial charge in [-0.25, -0.2) is 0 Å². The van der Waals surface area contributed by atoms with Crippen molar-refractivity contribution in [2.45, 2.75) is 25.1 Å². The molecule has 1 atom stereocenters. The van der Waals surface area contributed by atoms with Gasteiger partial charge in [-0.05, 0) is 31.0 Å². The van der Waals surface area contributed by atoms with Crippen LogP contribution >= 0.6 is 0 Å². The number of rotatable bonds is 2. The molecule has 104 valence electrons. The highest BCUT2D eigenvalue weighted by Gasteiger charge is 2.34. The average Bonchev–Trinajstić information content (AvgIpc) is 2.37. The maximum atomic E-state index is 12.8. The third kappa shape index (κ3) is 3.07. The van der Waals surface area contributed by atoms with Crippen molar-refractivity contribution in [1.29, 1.82) is 0 Å². The zero-order chi connectivity index (χ0) is 14.0. The normalized spacial score (nSPS) is 20.4. The van der Waals surface area contributed by atoms with E-state index in [1.807, 2.05) is 0 Å². The summed E-state index contributed by atoms with van der Waals surface area (Å²) in [7, 11) is 0. The molecule has 1 heterocycles.